The molecule has 0 amide bonds. The number of aliphatic imine (C=N–C) groups is 1. The Balaban J connectivity index is 4.23. The summed E-state index contributed by atoms with van der Waals surface area (Å²) in [4.78, 5) is 15.0. The van der Waals surface area contributed by atoms with E-state index in [1.807, 2.05) is 6.92 Å². The Morgan fingerprint density at radius 1 is 1.46 bits per heavy atom. The number of guanidine groups is 1. The number of hydrogen-bond acceptors (Lipinski definition) is 3. The lowest BCUT2D eigenvalue weighted by atomic mass is 10.2. The summed E-state index contributed by atoms with van der Waals surface area (Å²) >= 11 is 0. The van der Waals surface area contributed by atoms with Crippen LogP contribution in [0, 0.1) is 0 Å². The number of rotatable bonds is 5. The third-order valence-corrected chi connectivity index (χ3v) is 1.43. The van der Waals surface area contributed by atoms with Crippen LogP contribution in [0.2, 0.25) is 0 Å². The topological polar surface area (TPSA) is 90.7 Å². The lowest BCUT2D eigenvalue weighted by molar-refractivity contribution is -0.144. The second kappa shape index (κ2) is 6.28. The second-order valence-corrected chi connectivity index (χ2v) is 2.61. The van der Waals surface area contributed by atoms with E-state index in [2.05, 4.69) is 4.99 Å². The van der Waals surface area contributed by atoms with Crippen molar-refractivity contribution in [2.45, 2.75) is 32.7 Å². The van der Waals surface area contributed by atoms with E-state index in [1.165, 1.54) is 0 Å². The van der Waals surface area contributed by atoms with Gasteiger partial charge in [-0.05, 0) is 13.3 Å². The molecule has 4 N–H and O–H groups in total. The van der Waals surface area contributed by atoms with E-state index in [1.54, 1.807) is 6.92 Å². The van der Waals surface area contributed by atoms with E-state index in [4.69, 9.17) is 16.2 Å². The van der Waals surface area contributed by atoms with E-state index < -0.39 is 6.04 Å². The van der Waals surface area contributed by atoms with Crippen molar-refractivity contribution in [3.8, 4) is 0 Å². The molecule has 0 spiro atoms. The molecule has 0 aromatic rings. The Kier molecular flexibility index (Phi) is 5.67. The highest BCUT2D eigenvalue weighted by molar-refractivity contribution is 5.82. The van der Waals surface area contributed by atoms with Gasteiger partial charge in [0.15, 0.2) is 12.0 Å². The fraction of sp³-hybridized carbons (Fsp3) is 0.750. The Morgan fingerprint density at radius 3 is 2.46 bits per heavy atom. The molecule has 0 radical (unpaired) electrons. The number of esters is 1. The average Bonchev–Trinajstić information content (AvgIpc) is 2.03. The summed E-state index contributed by atoms with van der Waals surface area (Å²) in [6.45, 7) is 4.05. The highest BCUT2D eigenvalue weighted by Gasteiger charge is 2.17. The summed E-state index contributed by atoms with van der Waals surface area (Å²) in [7, 11) is 0. The van der Waals surface area contributed by atoms with Crippen LogP contribution in [0.3, 0.4) is 0 Å². The maximum absolute atomic E-state index is 11.2. The first-order chi connectivity index (χ1) is 6.11. The predicted molar refractivity (Wildman–Crippen MR) is 51.1 cm³/mol. The van der Waals surface area contributed by atoms with Gasteiger partial charge in [-0.25, -0.2) is 9.79 Å². The maximum atomic E-state index is 11.2. The summed E-state index contributed by atoms with van der Waals surface area (Å²) in [5, 5.41) is 0. The number of nitrogens with two attached hydrogens (primary N) is 2. The first-order valence-corrected chi connectivity index (χ1v) is 4.37. The molecule has 0 aliphatic rings. The van der Waals surface area contributed by atoms with Crippen molar-refractivity contribution >= 4 is 11.9 Å². The van der Waals surface area contributed by atoms with E-state index in [0.29, 0.717) is 13.0 Å². The highest BCUT2D eigenvalue weighted by Crippen LogP contribution is 2.03. The van der Waals surface area contributed by atoms with Crippen LogP contribution in [0.4, 0.5) is 0 Å². The molecule has 5 nitrogen and oxygen atoms in total. The molecule has 0 bridgehead atoms. The largest absolute Gasteiger partial charge is 0.464 e. The third kappa shape index (κ3) is 5.05. The summed E-state index contributed by atoms with van der Waals surface area (Å²) in [6, 6.07) is -0.546. The number of ether oxygens (including phenoxy) is 1. The second-order valence-electron chi connectivity index (χ2n) is 2.61. The molecule has 5 heteroatoms. The van der Waals surface area contributed by atoms with Crippen LogP contribution in [-0.2, 0) is 9.53 Å². The molecule has 76 valence electrons. The van der Waals surface area contributed by atoms with Crippen molar-refractivity contribution in [1.29, 1.82) is 0 Å². The summed E-state index contributed by atoms with van der Waals surface area (Å²) in [6.07, 6.45) is 1.44. The SMILES string of the molecule is CCCC(N=C(N)N)C(=O)OCC. The van der Waals surface area contributed by atoms with Gasteiger partial charge >= 0.3 is 5.97 Å². The van der Waals surface area contributed by atoms with Gasteiger partial charge in [-0.1, -0.05) is 13.3 Å². The molecule has 0 aliphatic carbocycles. The van der Waals surface area contributed by atoms with Gasteiger partial charge in [0, 0.05) is 0 Å². The molecule has 0 fully saturated rings. The van der Waals surface area contributed by atoms with Gasteiger partial charge in [0.05, 0.1) is 6.61 Å². The Labute approximate surface area is 78.1 Å². The fourth-order valence-electron chi connectivity index (χ4n) is 0.927. The van der Waals surface area contributed by atoms with Crippen LogP contribution in [0.15, 0.2) is 4.99 Å². The number of hydrogen-bond donors (Lipinski definition) is 2. The Bertz CT molecular complexity index is 188. The van der Waals surface area contributed by atoms with Crippen LogP contribution < -0.4 is 11.5 Å². The molecule has 1 atom stereocenters. The molecular weight excluding hydrogens is 170 g/mol. The third-order valence-electron chi connectivity index (χ3n) is 1.43. The van der Waals surface area contributed by atoms with E-state index >= 15 is 0 Å². The lowest BCUT2D eigenvalue weighted by Crippen LogP contribution is -2.30. The molecule has 0 saturated heterocycles. The lowest BCUT2D eigenvalue weighted by Gasteiger charge is -2.09. The van der Waals surface area contributed by atoms with Crippen LogP contribution in [0.5, 0.6) is 0 Å². The maximum Gasteiger partial charge on any atom is 0.330 e. The minimum Gasteiger partial charge on any atom is -0.464 e. The van der Waals surface area contributed by atoms with Gasteiger partial charge in [-0.15, -0.1) is 0 Å². The van der Waals surface area contributed by atoms with Crippen molar-refractivity contribution in [2.24, 2.45) is 16.5 Å². The van der Waals surface area contributed by atoms with Crippen LogP contribution in [-0.4, -0.2) is 24.6 Å². The zero-order valence-electron chi connectivity index (χ0n) is 8.12. The standard InChI is InChI=1S/C8H17N3O2/c1-3-5-6(11-8(9)10)7(12)13-4-2/h6H,3-5H2,1-2H3,(H4,9,10,11). The zero-order chi connectivity index (χ0) is 10.3. The number of carbonyl (C=O) groups excluding carboxylic acids is 1. The molecule has 0 heterocycles. The summed E-state index contributed by atoms with van der Waals surface area (Å²) in [5.41, 5.74) is 10.4. The minimum absolute atomic E-state index is 0.0773. The van der Waals surface area contributed by atoms with Crippen molar-refractivity contribution < 1.29 is 9.53 Å². The smallest absolute Gasteiger partial charge is 0.330 e. The molecule has 0 aliphatic heterocycles. The average molecular weight is 187 g/mol. The first kappa shape index (κ1) is 11.7. The predicted octanol–water partition coefficient (Wildman–Crippen LogP) is -0.00840. The van der Waals surface area contributed by atoms with E-state index in [9.17, 15) is 4.79 Å². The molecule has 1 unspecified atom stereocenters. The van der Waals surface area contributed by atoms with Crippen molar-refractivity contribution in [2.75, 3.05) is 6.61 Å². The van der Waals surface area contributed by atoms with E-state index in [0.717, 1.165) is 6.42 Å². The van der Waals surface area contributed by atoms with Crippen LogP contribution in [0.25, 0.3) is 0 Å². The molecule has 0 saturated carbocycles. The van der Waals surface area contributed by atoms with Crippen molar-refractivity contribution in [1.82, 2.24) is 0 Å². The van der Waals surface area contributed by atoms with Gasteiger partial charge in [0.2, 0.25) is 0 Å². The summed E-state index contributed by atoms with van der Waals surface area (Å²) in [5.74, 6) is -0.441. The van der Waals surface area contributed by atoms with Gasteiger partial charge < -0.3 is 16.2 Å². The quantitative estimate of drug-likeness (QED) is 0.360. The van der Waals surface area contributed by atoms with Gasteiger partial charge in [-0.3, -0.25) is 0 Å². The monoisotopic (exact) mass is 187 g/mol. The van der Waals surface area contributed by atoms with E-state index in [-0.39, 0.29) is 11.9 Å². The summed E-state index contributed by atoms with van der Waals surface area (Å²) < 4.78 is 4.80. The fourth-order valence-corrected chi connectivity index (χ4v) is 0.927. The number of carbonyl (C=O) groups is 1. The Morgan fingerprint density at radius 2 is 2.08 bits per heavy atom. The highest BCUT2D eigenvalue weighted by atomic mass is 16.5. The molecule has 0 aromatic heterocycles. The van der Waals surface area contributed by atoms with Crippen LogP contribution in [0.1, 0.15) is 26.7 Å². The number of nitrogens with zero attached hydrogens (tertiary/aromatic N) is 1. The van der Waals surface area contributed by atoms with Gasteiger partial charge in [-0.2, -0.15) is 0 Å². The normalized spacial score (nSPS) is 11.8. The minimum atomic E-state index is -0.546. The van der Waals surface area contributed by atoms with Crippen LogP contribution >= 0.6 is 0 Å². The van der Waals surface area contributed by atoms with Gasteiger partial charge in [0.1, 0.15) is 0 Å². The van der Waals surface area contributed by atoms with Crippen molar-refractivity contribution in [3.05, 3.63) is 0 Å². The Hall–Kier alpha value is -1.26. The molecule has 0 rings (SSSR count). The molecule has 13 heavy (non-hydrogen) atoms. The molecular formula is C8H17N3O2. The van der Waals surface area contributed by atoms with Gasteiger partial charge in [0.25, 0.3) is 0 Å². The zero-order valence-corrected chi connectivity index (χ0v) is 8.12. The van der Waals surface area contributed by atoms with Crippen molar-refractivity contribution in [3.63, 3.8) is 0 Å². The first-order valence-electron chi connectivity index (χ1n) is 4.37. The molecule has 0 aromatic carbocycles.